The predicted molar refractivity (Wildman–Crippen MR) is 89.7 cm³/mol. The summed E-state index contributed by atoms with van der Waals surface area (Å²) in [6, 6.07) is 9.95. The fraction of sp³-hybridized carbons (Fsp3) is 0.444. The van der Waals surface area contributed by atoms with E-state index in [0.717, 1.165) is 30.5 Å². The second-order valence-corrected chi connectivity index (χ2v) is 5.76. The first-order valence-corrected chi connectivity index (χ1v) is 7.93. The van der Waals surface area contributed by atoms with Gasteiger partial charge >= 0.3 is 0 Å². The Kier molecular flexibility index (Phi) is 5.36. The summed E-state index contributed by atoms with van der Waals surface area (Å²) in [7, 11) is 3.58. The van der Waals surface area contributed by atoms with Crippen LogP contribution in [-0.4, -0.2) is 34.7 Å². The van der Waals surface area contributed by atoms with Gasteiger partial charge in [-0.1, -0.05) is 50.6 Å². The zero-order valence-corrected chi connectivity index (χ0v) is 13.9. The summed E-state index contributed by atoms with van der Waals surface area (Å²) in [6.45, 7) is 4.18. The van der Waals surface area contributed by atoms with Crippen molar-refractivity contribution >= 4 is 5.91 Å². The highest BCUT2D eigenvalue weighted by molar-refractivity contribution is 5.80. The van der Waals surface area contributed by atoms with Crippen molar-refractivity contribution in [2.24, 2.45) is 0 Å². The molecule has 0 aliphatic carbocycles. The quantitative estimate of drug-likeness (QED) is 0.818. The Balaban J connectivity index is 2.44. The van der Waals surface area contributed by atoms with Gasteiger partial charge in [0.05, 0.1) is 5.69 Å². The molecule has 1 aromatic heterocycles. The van der Waals surface area contributed by atoms with E-state index in [1.807, 2.05) is 36.0 Å². The second-order valence-electron chi connectivity index (χ2n) is 5.76. The molecule has 0 bridgehead atoms. The lowest BCUT2D eigenvalue weighted by molar-refractivity contribution is -0.132. The third-order valence-corrected chi connectivity index (χ3v) is 3.81. The fourth-order valence-corrected chi connectivity index (χ4v) is 2.65. The Morgan fingerprint density at radius 1 is 1.23 bits per heavy atom. The van der Waals surface area contributed by atoms with Gasteiger partial charge in [0.1, 0.15) is 6.04 Å². The molecule has 4 nitrogen and oxygen atoms in total. The van der Waals surface area contributed by atoms with E-state index in [0.29, 0.717) is 0 Å². The monoisotopic (exact) mass is 299 g/mol. The standard InChI is InChI=1S/C18H25N3O/c1-5-10-15-13-21(16(6-2)18(22)20(3)4)19-17(15)14-11-8-7-9-12-14/h7-9,11-13,16H,5-6,10H2,1-4H3/t16-/m1/s1. The van der Waals surface area contributed by atoms with Gasteiger partial charge < -0.3 is 4.90 Å². The summed E-state index contributed by atoms with van der Waals surface area (Å²) in [5.74, 6) is 0.0904. The lowest BCUT2D eigenvalue weighted by Gasteiger charge is -2.19. The van der Waals surface area contributed by atoms with Crippen LogP contribution in [0.1, 0.15) is 38.3 Å². The van der Waals surface area contributed by atoms with Crippen LogP contribution in [0.15, 0.2) is 36.5 Å². The largest absolute Gasteiger partial charge is 0.347 e. The van der Waals surface area contributed by atoms with Crippen molar-refractivity contribution in [1.82, 2.24) is 14.7 Å². The summed E-state index contributed by atoms with van der Waals surface area (Å²) < 4.78 is 1.84. The molecule has 0 aliphatic heterocycles. The van der Waals surface area contributed by atoms with Crippen molar-refractivity contribution in [2.75, 3.05) is 14.1 Å². The molecule has 22 heavy (non-hydrogen) atoms. The van der Waals surface area contributed by atoms with Crippen LogP contribution in [0.4, 0.5) is 0 Å². The number of benzene rings is 1. The lowest BCUT2D eigenvalue weighted by Crippen LogP contribution is -2.31. The molecule has 2 rings (SSSR count). The highest BCUT2D eigenvalue weighted by Crippen LogP contribution is 2.25. The number of aryl methyl sites for hydroxylation is 1. The molecule has 4 heteroatoms. The van der Waals surface area contributed by atoms with E-state index in [1.165, 1.54) is 5.56 Å². The van der Waals surface area contributed by atoms with Crippen LogP contribution < -0.4 is 0 Å². The summed E-state index contributed by atoms with van der Waals surface area (Å²) in [5, 5.41) is 4.74. The molecule has 1 amide bonds. The molecule has 0 N–H and O–H groups in total. The van der Waals surface area contributed by atoms with Crippen LogP contribution in [0.25, 0.3) is 11.3 Å². The van der Waals surface area contributed by atoms with Crippen molar-refractivity contribution in [1.29, 1.82) is 0 Å². The number of carbonyl (C=O) groups is 1. The number of rotatable bonds is 6. The van der Waals surface area contributed by atoms with E-state index in [1.54, 1.807) is 19.0 Å². The Labute approximate surface area is 132 Å². The molecule has 1 heterocycles. The van der Waals surface area contributed by atoms with Gasteiger partial charge in [-0.05, 0) is 18.4 Å². The Hall–Kier alpha value is -2.10. The van der Waals surface area contributed by atoms with Gasteiger partial charge in [0, 0.05) is 25.9 Å². The lowest BCUT2D eigenvalue weighted by atomic mass is 10.1. The fourth-order valence-electron chi connectivity index (χ4n) is 2.65. The molecular formula is C18H25N3O. The molecule has 0 aliphatic rings. The van der Waals surface area contributed by atoms with E-state index in [4.69, 9.17) is 5.10 Å². The highest BCUT2D eigenvalue weighted by Gasteiger charge is 2.23. The summed E-state index contributed by atoms with van der Waals surface area (Å²) in [5.41, 5.74) is 3.31. The van der Waals surface area contributed by atoms with Crippen molar-refractivity contribution < 1.29 is 4.79 Å². The zero-order valence-electron chi connectivity index (χ0n) is 13.9. The number of likely N-dealkylation sites (N-methyl/N-ethyl adjacent to an activating group) is 1. The molecule has 0 saturated heterocycles. The van der Waals surface area contributed by atoms with Crippen LogP contribution in [-0.2, 0) is 11.2 Å². The maximum absolute atomic E-state index is 12.4. The predicted octanol–water partition coefficient (Wildman–Crippen LogP) is 3.54. The van der Waals surface area contributed by atoms with E-state index >= 15 is 0 Å². The number of hydrogen-bond acceptors (Lipinski definition) is 2. The second kappa shape index (κ2) is 7.25. The van der Waals surface area contributed by atoms with E-state index in [2.05, 4.69) is 19.1 Å². The molecule has 0 saturated carbocycles. The van der Waals surface area contributed by atoms with Gasteiger partial charge in [-0.25, -0.2) is 0 Å². The molecule has 0 radical (unpaired) electrons. The Bertz CT molecular complexity index is 617. The van der Waals surface area contributed by atoms with E-state index < -0.39 is 0 Å². The Morgan fingerprint density at radius 2 is 1.91 bits per heavy atom. The molecule has 1 atom stereocenters. The van der Waals surface area contributed by atoms with Crippen molar-refractivity contribution in [3.63, 3.8) is 0 Å². The highest BCUT2D eigenvalue weighted by atomic mass is 16.2. The van der Waals surface area contributed by atoms with E-state index in [9.17, 15) is 4.79 Å². The maximum Gasteiger partial charge on any atom is 0.246 e. The van der Waals surface area contributed by atoms with Crippen molar-refractivity contribution in [3.05, 3.63) is 42.1 Å². The van der Waals surface area contributed by atoms with Crippen molar-refractivity contribution in [2.45, 2.75) is 39.2 Å². The molecule has 0 fully saturated rings. The molecular weight excluding hydrogens is 274 g/mol. The van der Waals surface area contributed by atoms with Crippen LogP contribution in [0.5, 0.6) is 0 Å². The Morgan fingerprint density at radius 3 is 2.45 bits per heavy atom. The SMILES string of the molecule is CCCc1cn([C@H](CC)C(=O)N(C)C)nc1-c1ccccc1. The molecule has 2 aromatic rings. The molecule has 0 unspecified atom stereocenters. The van der Waals surface area contributed by atoms with Crippen LogP contribution in [0.3, 0.4) is 0 Å². The van der Waals surface area contributed by atoms with Gasteiger partial charge in [-0.3, -0.25) is 9.48 Å². The third kappa shape index (κ3) is 3.38. The minimum atomic E-state index is -0.233. The minimum Gasteiger partial charge on any atom is -0.347 e. The number of amides is 1. The third-order valence-electron chi connectivity index (χ3n) is 3.81. The topological polar surface area (TPSA) is 38.1 Å². The summed E-state index contributed by atoms with van der Waals surface area (Å²) in [4.78, 5) is 14.0. The smallest absolute Gasteiger partial charge is 0.246 e. The van der Waals surface area contributed by atoms with Crippen LogP contribution in [0.2, 0.25) is 0 Å². The van der Waals surface area contributed by atoms with Gasteiger partial charge in [0.15, 0.2) is 0 Å². The number of aromatic nitrogens is 2. The first-order valence-electron chi connectivity index (χ1n) is 7.93. The van der Waals surface area contributed by atoms with Gasteiger partial charge in [-0.15, -0.1) is 0 Å². The summed E-state index contributed by atoms with van der Waals surface area (Å²) >= 11 is 0. The van der Waals surface area contributed by atoms with Crippen LogP contribution in [0, 0.1) is 0 Å². The molecule has 0 spiro atoms. The normalized spacial score (nSPS) is 12.2. The number of hydrogen-bond donors (Lipinski definition) is 0. The minimum absolute atomic E-state index is 0.0904. The summed E-state index contributed by atoms with van der Waals surface area (Å²) in [6.07, 6.45) is 4.81. The maximum atomic E-state index is 12.4. The average molecular weight is 299 g/mol. The van der Waals surface area contributed by atoms with Gasteiger partial charge in [0.2, 0.25) is 5.91 Å². The number of nitrogens with zero attached hydrogens (tertiary/aromatic N) is 3. The zero-order chi connectivity index (χ0) is 16.1. The van der Waals surface area contributed by atoms with E-state index in [-0.39, 0.29) is 11.9 Å². The first kappa shape index (κ1) is 16.3. The first-order chi connectivity index (χ1) is 10.6. The van der Waals surface area contributed by atoms with Crippen LogP contribution >= 0.6 is 0 Å². The van der Waals surface area contributed by atoms with Gasteiger partial charge in [0.25, 0.3) is 0 Å². The van der Waals surface area contributed by atoms with Gasteiger partial charge in [-0.2, -0.15) is 5.10 Å². The van der Waals surface area contributed by atoms with Crippen molar-refractivity contribution in [3.8, 4) is 11.3 Å². The average Bonchev–Trinajstić information content (AvgIpc) is 2.93. The number of carbonyl (C=O) groups excluding carboxylic acids is 1. The molecule has 1 aromatic carbocycles. The molecule has 118 valence electrons.